The summed E-state index contributed by atoms with van der Waals surface area (Å²) in [7, 11) is 0. The lowest BCUT2D eigenvalue weighted by atomic mass is 9.91. The molecule has 1 heterocycles. The van der Waals surface area contributed by atoms with Crippen LogP contribution in [0, 0.1) is 11.8 Å². The van der Waals surface area contributed by atoms with Crippen LogP contribution in [0.2, 0.25) is 0 Å². The molecule has 5 heteroatoms. The van der Waals surface area contributed by atoms with Gasteiger partial charge in [0.05, 0.1) is 5.92 Å². The number of hydrogen-bond acceptors (Lipinski definition) is 3. The number of amides is 2. The molecule has 1 unspecified atom stereocenters. The lowest BCUT2D eigenvalue weighted by Crippen LogP contribution is -2.37. The van der Waals surface area contributed by atoms with Crippen molar-refractivity contribution in [2.45, 2.75) is 51.9 Å². The van der Waals surface area contributed by atoms with Gasteiger partial charge >= 0.3 is 0 Å². The molecule has 1 saturated carbocycles. The Morgan fingerprint density at radius 1 is 1.04 bits per heavy atom. The molecule has 1 atom stereocenters. The predicted octanol–water partition coefficient (Wildman–Crippen LogP) is 3.78. The van der Waals surface area contributed by atoms with Crippen LogP contribution in [0.25, 0.3) is 0 Å². The van der Waals surface area contributed by atoms with Crippen LogP contribution in [0.4, 0.5) is 11.4 Å². The van der Waals surface area contributed by atoms with E-state index in [9.17, 15) is 9.59 Å². The van der Waals surface area contributed by atoms with Gasteiger partial charge in [-0.05, 0) is 49.6 Å². The minimum absolute atomic E-state index is 0.0477. The van der Waals surface area contributed by atoms with Crippen molar-refractivity contribution >= 4 is 23.7 Å². The minimum atomic E-state index is 0.0477. The normalized spacial score (nSPS) is 20.8. The van der Waals surface area contributed by atoms with E-state index in [-0.39, 0.29) is 11.8 Å². The van der Waals surface area contributed by atoms with E-state index < -0.39 is 0 Å². The SMILES string of the molecule is CC1CCCCC1.O=CNc1ccc(NC(=O)C2CCCNC2)cc1. The Morgan fingerprint density at radius 2 is 1.72 bits per heavy atom. The van der Waals surface area contributed by atoms with Gasteiger partial charge in [0.1, 0.15) is 0 Å². The zero-order valence-electron chi connectivity index (χ0n) is 15.2. The van der Waals surface area contributed by atoms with Gasteiger partial charge in [0, 0.05) is 17.9 Å². The fraction of sp³-hybridized carbons (Fsp3) is 0.600. The molecule has 1 aliphatic heterocycles. The summed E-state index contributed by atoms with van der Waals surface area (Å²) < 4.78 is 0. The highest BCUT2D eigenvalue weighted by atomic mass is 16.2. The van der Waals surface area contributed by atoms with E-state index in [2.05, 4.69) is 22.9 Å². The molecule has 0 bridgehead atoms. The first-order valence-corrected chi connectivity index (χ1v) is 9.51. The molecule has 3 rings (SSSR count). The van der Waals surface area contributed by atoms with Crippen molar-refractivity contribution in [2.24, 2.45) is 11.8 Å². The van der Waals surface area contributed by atoms with Gasteiger partial charge in [0.15, 0.2) is 0 Å². The standard InChI is InChI=1S/C13H17N3O2.C7H14/c17-9-15-11-3-5-12(6-4-11)16-13(18)10-2-1-7-14-8-10;1-7-5-3-2-4-6-7/h3-6,9-10,14H,1-2,7-8H2,(H,15,17)(H,16,18);7H,2-6H2,1H3. The second kappa shape index (κ2) is 10.9. The van der Waals surface area contributed by atoms with Gasteiger partial charge in [-0.15, -0.1) is 0 Å². The van der Waals surface area contributed by atoms with Crippen LogP contribution in [-0.4, -0.2) is 25.4 Å². The molecule has 1 aromatic carbocycles. The zero-order valence-corrected chi connectivity index (χ0v) is 15.2. The highest BCUT2D eigenvalue weighted by Gasteiger charge is 2.20. The number of carbonyl (C=O) groups excluding carboxylic acids is 2. The monoisotopic (exact) mass is 345 g/mol. The van der Waals surface area contributed by atoms with E-state index in [0.29, 0.717) is 12.1 Å². The predicted molar refractivity (Wildman–Crippen MR) is 103 cm³/mol. The highest BCUT2D eigenvalue weighted by molar-refractivity contribution is 5.93. The van der Waals surface area contributed by atoms with Crippen LogP contribution in [0.15, 0.2) is 24.3 Å². The number of benzene rings is 1. The highest BCUT2D eigenvalue weighted by Crippen LogP contribution is 2.22. The minimum Gasteiger partial charge on any atom is -0.329 e. The Morgan fingerprint density at radius 3 is 2.24 bits per heavy atom. The molecular weight excluding hydrogens is 314 g/mol. The largest absolute Gasteiger partial charge is 0.329 e. The Balaban J connectivity index is 0.000000269. The van der Waals surface area contributed by atoms with E-state index in [1.165, 1.54) is 32.1 Å². The van der Waals surface area contributed by atoms with Gasteiger partial charge in [-0.25, -0.2) is 0 Å². The average Bonchev–Trinajstić information content (AvgIpc) is 2.65. The van der Waals surface area contributed by atoms with Gasteiger partial charge in [-0.3, -0.25) is 9.59 Å². The first kappa shape index (κ1) is 19.4. The van der Waals surface area contributed by atoms with Crippen LogP contribution < -0.4 is 16.0 Å². The second-order valence-electron chi connectivity index (χ2n) is 7.12. The Hall–Kier alpha value is -1.88. The van der Waals surface area contributed by atoms with Crippen molar-refractivity contribution in [3.05, 3.63) is 24.3 Å². The average molecular weight is 345 g/mol. The van der Waals surface area contributed by atoms with Gasteiger partial charge < -0.3 is 16.0 Å². The van der Waals surface area contributed by atoms with Crippen molar-refractivity contribution in [3.8, 4) is 0 Å². The summed E-state index contributed by atoms with van der Waals surface area (Å²) in [6.07, 6.45) is 10.0. The van der Waals surface area contributed by atoms with E-state index >= 15 is 0 Å². The number of rotatable bonds is 4. The molecule has 0 spiro atoms. The van der Waals surface area contributed by atoms with E-state index in [0.717, 1.165) is 37.5 Å². The third-order valence-corrected chi connectivity index (χ3v) is 4.94. The summed E-state index contributed by atoms with van der Waals surface area (Å²) in [5.74, 6) is 1.14. The molecular formula is C20H31N3O2. The van der Waals surface area contributed by atoms with Gasteiger partial charge in [0.25, 0.3) is 0 Å². The van der Waals surface area contributed by atoms with Crippen LogP contribution in [0.5, 0.6) is 0 Å². The summed E-state index contributed by atoms with van der Waals surface area (Å²) in [6.45, 7) is 4.10. The van der Waals surface area contributed by atoms with Crippen LogP contribution in [-0.2, 0) is 9.59 Å². The van der Waals surface area contributed by atoms with Gasteiger partial charge in [-0.2, -0.15) is 0 Å². The number of anilines is 2. The molecule has 1 aromatic rings. The summed E-state index contributed by atoms with van der Waals surface area (Å²) in [6, 6.07) is 7.06. The summed E-state index contributed by atoms with van der Waals surface area (Å²) in [4.78, 5) is 22.2. The van der Waals surface area contributed by atoms with E-state index in [1.54, 1.807) is 24.3 Å². The quantitative estimate of drug-likeness (QED) is 0.727. The van der Waals surface area contributed by atoms with Crippen molar-refractivity contribution in [3.63, 3.8) is 0 Å². The smallest absolute Gasteiger partial charge is 0.228 e. The maximum Gasteiger partial charge on any atom is 0.228 e. The Kier molecular flexibility index (Phi) is 8.46. The van der Waals surface area contributed by atoms with Crippen LogP contribution in [0.1, 0.15) is 51.9 Å². The molecule has 1 aliphatic carbocycles. The molecule has 2 amide bonds. The van der Waals surface area contributed by atoms with Gasteiger partial charge in [-0.1, -0.05) is 39.0 Å². The molecule has 2 fully saturated rings. The van der Waals surface area contributed by atoms with Crippen LogP contribution >= 0.6 is 0 Å². The molecule has 138 valence electrons. The Labute approximate surface area is 151 Å². The lowest BCUT2D eigenvalue weighted by molar-refractivity contribution is -0.120. The molecule has 0 radical (unpaired) electrons. The summed E-state index contributed by atoms with van der Waals surface area (Å²) >= 11 is 0. The number of hydrogen-bond donors (Lipinski definition) is 3. The first-order chi connectivity index (χ1) is 12.2. The lowest BCUT2D eigenvalue weighted by Gasteiger charge is -2.21. The first-order valence-electron chi connectivity index (χ1n) is 9.51. The fourth-order valence-electron chi connectivity index (χ4n) is 3.34. The second-order valence-corrected chi connectivity index (χ2v) is 7.12. The van der Waals surface area contributed by atoms with Crippen molar-refractivity contribution < 1.29 is 9.59 Å². The number of carbonyl (C=O) groups is 2. The van der Waals surface area contributed by atoms with Crippen molar-refractivity contribution in [1.82, 2.24) is 5.32 Å². The van der Waals surface area contributed by atoms with Crippen LogP contribution in [0.3, 0.4) is 0 Å². The molecule has 0 aromatic heterocycles. The number of nitrogens with one attached hydrogen (secondary N) is 3. The topological polar surface area (TPSA) is 70.2 Å². The zero-order chi connectivity index (χ0) is 17.9. The number of piperidine rings is 1. The van der Waals surface area contributed by atoms with Crippen molar-refractivity contribution in [2.75, 3.05) is 23.7 Å². The fourth-order valence-corrected chi connectivity index (χ4v) is 3.34. The maximum absolute atomic E-state index is 12.0. The van der Waals surface area contributed by atoms with Crippen molar-refractivity contribution in [1.29, 1.82) is 0 Å². The van der Waals surface area contributed by atoms with Gasteiger partial charge in [0.2, 0.25) is 12.3 Å². The maximum atomic E-state index is 12.0. The molecule has 2 aliphatic rings. The van der Waals surface area contributed by atoms with E-state index in [4.69, 9.17) is 0 Å². The summed E-state index contributed by atoms with van der Waals surface area (Å²) in [5, 5.41) is 8.65. The van der Waals surface area contributed by atoms with E-state index in [1.807, 2.05) is 0 Å². The molecule has 3 N–H and O–H groups in total. The molecule has 25 heavy (non-hydrogen) atoms. The molecule has 5 nitrogen and oxygen atoms in total. The molecule has 1 saturated heterocycles. The summed E-state index contributed by atoms with van der Waals surface area (Å²) in [5.41, 5.74) is 1.46. The Bertz CT molecular complexity index is 518. The third-order valence-electron chi connectivity index (χ3n) is 4.94. The third kappa shape index (κ3) is 7.26.